The van der Waals surface area contributed by atoms with Crippen LogP contribution in [0.15, 0.2) is 29.5 Å². The monoisotopic (exact) mass is 318 g/mol. The second-order valence-electron chi connectivity index (χ2n) is 6.53. The number of rotatable bonds is 5. The molecule has 120 valence electrons. The van der Waals surface area contributed by atoms with E-state index in [0.29, 0.717) is 24.9 Å². The van der Waals surface area contributed by atoms with Crippen molar-refractivity contribution in [2.45, 2.75) is 57.2 Å². The molecule has 3 rings (SSSR count). The Morgan fingerprint density at radius 2 is 2.36 bits per heavy atom. The maximum Gasteiger partial charge on any atom is 0.223 e. The van der Waals surface area contributed by atoms with Gasteiger partial charge in [-0.05, 0) is 54.6 Å². The molecule has 3 heterocycles. The molecule has 4 heteroatoms. The first-order valence-corrected chi connectivity index (χ1v) is 9.32. The number of likely N-dealkylation sites (tertiary alicyclic amines) is 2. The molecule has 2 aliphatic heterocycles. The summed E-state index contributed by atoms with van der Waals surface area (Å²) < 4.78 is 0. The lowest BCUT2D eigenvalue weighted by molar-refractivity contribution is -0.134. The highest BCUT2D eigenvalue weighted by molar-refractivity contribution is 7.07. The number of carbonyl (C=O) groups excluding carboxylic acids is 1. The van der Waals surface area contributed by atoms with Crippen molar-refractivity contribution in [3.05, 3.63) is 35.0 Å². The molecule has 2 atom stereocenters. The molecule has 1 amide bonds. The van der Waals surface area contributed by atoms with Crippen LogP contribution in [0.25, 0.3) is 0 Å². The molecule has 0 N–H and O–H groups in total. The van der Waals surface area contributed by atoms with E-state index in [1.165, 1.54) is 12.0 Å². The van der Waals surface area contributed by atoms with Gasteiger partial charge in [-0.2, -0.15) is 11.3 Å². The summed E-state index contributed by atoms with van der Waals surface area (Å²) in [4.78, 5) is 17.1. The van der Waals surface area contributed by atoms with Crippen molar-refractivity contribution in [2.75, 3.05) is 13.1 Å². The van der Waals surface area contributed by atoms with Gasteiger partial charge in [-0.15, -0.1) is 6.58 Å². The molecule has 0 aliphatic carbocycles. The molecular formula is C18H26N2OS. The lowest BCUT2D eigenvalue weighted by Crippen LogP contribution is -2.62. The Morgan fingerprint density at radius 3 is 3.05 bits per heavy atom. The van der Waals surface area contributed by atoms with E-state index >= 15 is 0 Å². The molecule has 22 heavy (non-hydrogen) atoms. The van der Waals surface area contributed by atoms with Gasteiger partial charge in [0, 0.05) is 25.6 Å². The van der Waals surface area contributed by atoms with E-state index in [1.54, 1.807) is 11.3 Å². The molecule has 0 radical (unpaired) electrons. The first kappa shape index (κ1) is 15.8. The molecule has 0 unspecified atom stereocenters. The minimum absolute atomic E-state index is 0.0360. The predicted octanol–water partition coefficient (Wildman–Crippen LogP) is 3.67. The molecular weight excluding hydrogens is 292 g/mol. The largest absolute Gasteiger partial charge is 0.332 e. The number of piperidine rings is 1. The zero-order valence-electron chi connectivity index (χ0n) is 13.5. The summed E-state index contributed by atoms with van der Waals surface area (Å²) >= 11 is 1.77. The standard InChI is InChI=1S/C18H26N2OS/c1-3-10-20-17(21)6-9-18(20)8-5-11-19(16(18)4-2)13-15-7-12-22-14-15/h3,7,12,14,16H,1,4-6,8-11,13H2,2H3/t16-,18-/m0/s1. The average Bonchev–Trinajstić information content (AvgIpc) is 3.12. The number of amides is 1. The van der Waals surface area contributed by atoms with Crippen molar-refractivity contribution < 1.29 is 4.79 Å². The Kier molecular flexibility index (Phi) is 4.69. The highest BCUT2D eigenvalue weighted by atomic mass is 32.1. The van der Waals surface area contributed by atoms with Gasteiger partial charge in [0.25, 0.3) is 0 Å². The highest BCUT2D eigenvalue weighted by Crippen LogP contribution is 2.43. The molecule has 2 aliphatic rings. The third-order valence-electron chi connectivity index (χ3n) is 5.39. The van der Waals surface area contributed by atoms with Crippen molar-refractivity contribution in [2.24, 2.45) is 0 Å². The minimum atomic E-state index is 0.0360. The Hall–Kier alpha value is -1.13. The second-order valence-corrected chi connectivity index (χ2v) is 7.31. The van der Waals surface area contributed by atoms with E-state index in [2.05, 4.69) is 40.1 Å². The second kappa shape index (κ2) is 6.55. The molecule has 1 spiro atoms. The lowest BCUT2D eigenvalue weighted by Gasteiger charge is -2.52. The Labute approximate surface area is 137 Å². The summed E-state index contributed by atoms with van der Waals surface area (Å²) in [6.45, 7) is 8.99. The fraction of sp³-hybridized carbons (Fsp3) is 0.611. The van der Waals surface area contributed by atoms with Crippen LogP contribution in [0.5, 0.6) is 0 Å². The predicted molar refractivity (Wildman–Crippen MR) is 91.9 cm³/mol. The van der Waals surface area contributed by atoms with Crippen LogP contribution in [-0.2, 0) is 11.3 Å². The van der Waals surface area contributed by atoms with Gasteiger partial charge in [-0.1, -0.05) is 13.0 Å². The fourth-order valence-corrected chi connectivity index (χ4v) is 5.22. The minimum Gasteiger partial charge on any atom is -0.332 e. The van der Waals surface area contributed by atoms with Gasteiger partial charge in [0.15, 0.2) is 0 Å². The summed E-state index contributed by atoms with van der Waals surface area (Å²) in [6.07, 6.45) is 7.03. The van der Waals surface area contributed by atoms with E-state index in [1.807, 2.05) is 6.08 Å². The normalized spacial score (nSPS) is 29.4. The molecule has 2 saturated heterocycles. The van der Waals surface area contributed by atoms with E-state index in [0.717, 1.165) is 32.4 Å². The molecule has 2 fully saturated rings. The van der Waals surface area contributed by atoms with E-state index < -0.39 is 0 Å². The number of thiophene rings is 1. The van der Waals surface area contributed by atoms with Crippen LogP contribution in [0.4, 0.5) is 0 Å². The van der Waals surface area contributed by atoms with E-state index in [-0.39, 0.29) is 5.54 Å². The Bertz CT molecular complexity index is 527. The number of carbonyl (C=O) groups is 1. The number of nitrogens with zero attached hydrogens (tertiary/aromatic N) is 2. The first-order valence-electron chi connectivity index (χ1n) is 8.38. The maximum atomic E-state index is 12.4. The van der Waals surface area contributed by atoms with Crippen LogP contribution in [0.3, 0.4) is 0 Å². The molecule has 0 aromatic carbocycles. The van der Waals surface area contributed by atoms with Gasteiger partial charge in [0.05, 0.1) is 5.54 Å². The van der Waals surface area contributed by atoms with Crippen molar-refractivity contribution in [3.8, 4) is 0 Å². The van der Waals surface area contributed by atoms with Crippen LogP contribution in [-0.4, -0.2) is 40.4 Å². The van der Waals surface area contributed by atoms with Gasteiger partial charge in [-0.25, -0.2) is 0 Å². The van der Waals surface area contributed by atoms with Crippen LogP contribution in [0.2, 0.25) is 0 Å². The van der Waals surface area contributed by atoms with Crippen LogP contribution < -0.4 is 0 Å². The fourth-order valence-electron chi connectivity index (χ4n) is 4.56. The summed E-state index contributed by atoms with van der Waals surface area (Å²) in [6, 6.07) is 2.69. The zero-order valence-corrected chi connectivity index (χ0v) is 14.3. The summed E-state index contributed by atoms with van der Waals surface area (Å²) in [5.41, 5.74) is 1.44. The van der Waals surface area contributed by atoms with Crippen LogP contribution >= 0.6 is 11.3 Å². The quantitative estimate of drug-likeness (QED) is 0.773. The van der Waals surface area contributed by atoms with Gasteiger partial charge in [0.2, 0.25) is 5.91 Å². The summed E-state index contributed by atoms with van der Waals surface area (Å²) in [7, 11) is 0. The van der Waals surface area contributed by atoms with E-state index in [9.17, 15) is 4.79 Å². The van der Waals surface area contributed by atoms with Crippen LogP contribution in [0, 0.1) is 0 Å². The van der Waals surface area contributed by atoms with Crippen molar-refractivity contribution in [1.29, 1.82) is 0 Å². The lowest BCUT2D eigenvalue weighted by atomic mass is 9.77. The third kappa shape index (κ3) is 2.63. The van der Waals surface area contributed by atoms with Gasteiger partial charge in [0.1, 0.15) is 0 Å². The smallest absolute Gasteiger partial charge is 0.223 e. The SMILES string of the molecule is C=CCN1C(=O)CC[C@]12CCCN(Cc1ccsc1)[C@H]2CC. The van der Waals surface area contributed by atoms with Crippen molar-refractivity contribution in [3.63, 3.8) is 0 Å². The topological polar surface area (TPSA) is 23.6 Å². The van der Waals surface area contributed by atoms with Gasteiger partial charge < -0.3 is 4.90 Å². The molecule has 0 saturated carbocycles. The summed E-state index contributed by atoms with van der Waals surface area (Å²) in [5.74, 6) is 0.315. The van der Waals surface area contributed by atoms with Gasteiger partial charge >= 0.3 is 0 Å². The number of hydrogen-bond donors (Lipinski definition) is 0. The Morgan fingerprint density at radius 1 is 1.50 bits per heavy atom. The van der Waals surface area contributed by atoms with Crippen molar-refractivity contribution in [1.82, 2.24) is 9.80 Å². The molecule has 0 bridgehead atoms. The zero-order chi connectivity index (χ0) is 15.6. The first-order chi connectivity index (χ1) is 10.7. The summed E-state index contributed by atoms with van der Waals surface area (Å²) in [5, 5.41) is 4.40. The van der Waals surface area contributed by atoms with Crippen molar-refractivity contribution >= 4 is 17.2 Å². The molecule has 1 aromatic heterocycles. The maximum absolute atomic E-state index is 12.4. The highest BCUT2D eigenvalue weighted by Gasteiger charge is 2.52. The molecule has 1 aromatic rings. The average molecular weight is 318 g/mol. The molecule has 3 nitrogen and oxygen atoms in total. The van der Waals surface area contributed by atoms with E-state index in [4.69, 9.17) is 0 Å². The third-order valence-corrected chi connectivity index (χ3v) is 6.12. The Balaban J connectivity index is 1.86. The van der Waals surface area contributed by atoms with Crippen LogP contribution in [0.1, 0.15) is 44.6 Å². The van der Waals surface area contributed by atoms with Gasteiger partial charge in [-0.3, -0.25) is 9.69 Å². The number of hydrogen-bond acceptors (Lipinski definition) is 3.